The normalized spacial score (nSPS) is 32.4. The number of phenolic OH excluding ortho intramolecular Hbond substituents is 2. The first-order chi connectivity index (χ1) is 24.9. The predicted octanol–water partition coefficient (Wildman–Crippen LogP) is 7.48. The van der Waals surface area contributed by atoms with Crippen molar-refractivity contribution in [2.75, 3.05) is 5.32 Å². The maximum absolute atomic E-state index is 14.5. The molecule has 282 valence electrons. The van der Waals surface area contributed by atoms with Gasteiger partial charge < -0.3 is 35.2 Å². The van der Waals surface area contributed by atoms with Crippen molar-refractivity contribution < 1.29 is 39.5 Å². The van der Waals surface area contributed by atoms with Crippen LogP contribution < -0.4 is 10.1 Å². The molecule has 5 N–H and O–H groups in total. The summed E-state index contributed by atoms with van der Waals surface area (Å²) in [4.78, 5) is 33.1. The lowest BCUT2D eigenvalue weighted by Crippen LogP contribution is -2.40. The second kappa shape index (κ2) is 13.8. The Hall–Kier alpha value is -4.87. The van der Waals surface area contributed by atoms with Crippen LogP contribution in [0.15, 0.2) is 54.5 Å². The molecule has 0 fully saturated rings. The van der Waals surface area contributed by atoms with E-state index in [9.17, 15) is 30.0 Å². The van der Waals surface area contributed by atoms with Crippen molar-refractivity contribution in [1.82, 2.24) is 9.38 Å². The number of hydrogen-bond donors (Lipinski definition) is 5. The van der Waals surface area contributed by atoms with Crippen molar-refractivity contribution in [2.45, 2.75) is 87.2 Å². The van der Waals surface area contributed by atoms with E-state index < -0.39 is 41.4 Å². The van der Waals surface area contributed by atoms with Crippen LogP contribution in [-0.4, -0.2) is 59.5 Å². The van der Waals surface area contributed by atoms with Crippen molar-refractivity contribution in [3.63, 3.8) is 0 Å². The summed E-state index contributed by atoms with van der Waals surface area (Å²) >= 11 is 0. The number of phenols is 2. The number of aliphatic hydroxyl groups excluding tert-OH is 2. The number of hydrogen-bond acceptors (Lipinski definition) is 9. The molecule has 3 aliphatic rings. The van der Waals surface area contributed by atoms with Gasteiger partial charge >= 0.3 is 5.79 Å². The van der Waals surface area contributed by atoms with Gasteiger partial charge in [0.05, 0.1) is 29.4 Å². The van der Waals surface area contributed by atoms with E-state index >= 15 is 0 Å². The second-order valence-electron chi connectivity index (χ2n) is 15.5. The summed E-state index contributed by atoms with van der Waals surface area (Å²) in [6.45, 7) is 18.5. The summed E-state index contributed by atoms with van der Waals surface area (Å²) in [6.07, 6.45) is 8.54. The van der Waals surface area contributed by atoms with Gasteiger partial charge in [-0.3, -0.25) is 14.0 Å². The molecule has 0 spiro atoms. The molecule has 5 bridgehead atoms. The molecule has 0 saturated carbocycles. The molecular formula is C42H51N3O8. The third kappa shape index (κ3) is 6.23. The number of ether oxygens (including phenoxy) is 2. The molecule has 11 heteroatoms. The number of nitrogens with zero attached hydrogens (tertiary/aromatic N) is 2. The lowest BCUT2D eigenvalue weighted by molar-refractivity contribution is -0.112. The summed E-state index contributed by atoms with van der Waals surface area (Å²) in [7, 11) is 0. The Labute approximate surface area is 309 Å². The highest BCUT2D eigenvalue weighted by atomic mass is 16.7. The number of fused-ring (bicyclic) bond motifs is 14. The number of anilines is 1. The van der Waals surface area contributed by atoms with Gasteiger partial charge in [-0.2, -0.15) is 0 Å². The Balaban J connectivity index is 1.58. The Morgan fingerprint density at radius 3 is 2.26 bits per heavy atom. The third-order valence-electron chi connectivity index (χ3n) is 12.0. The molecule has 4 aromatic rings. The number of ketones is 1. The molecule has 0 aliphatic carbocycles. The van der Waals surface area contributed by atoms with Crippen LogP contribution in [0.5, 0.6) is 17.2 Å². The van der Waals surface area contributed by atoms with E-state index in [-0.39, 0.29) is 74.2 Å². The number of Topliss-reactive ketones (excluding diaryl/α,β-unsaturated/α-hetero) is 1. The van der Waals surface area contributed by atoms with Crippen molar-refractivity contribution in [3.05, 3.63) is 71.2 Å². The fourth-order valence-electron chi connectivity index (χ4n) is 7.79. The molecule has 7 rings (SSSR count). The minimum Gasteiger partial charge on any atom is -0.507 e. The molecule has 0 radical (unpaired) electrons. The van der Waals surface area contributed by atoms with Crippen LogP contribution in [0.4, 0.5) is 5.69 Å². The molecule has 53 heavy (non-hydrogen) atoms. The third-order valence-corrected chi connectivity index (χ3v) is 12.0. The van der Waals surface area contributed by atoms with E-state index in [0.29, 0.717) is 16.7 Å². The fraction of sp³-hybridized carbons (Fsp3) is 0.452. The van der Waals surface area contributed by atoms with Crippen LogP contribution in [-0.2, 0) is 9.53 Å². The molecular weight excluding hydrogens is 674 g/mol. The molecule has 6 unspecified atom stereocenters. The van der Waals surface area contributed by atoms with Crippen molar-refractivity contribution >= 4 is 44.8 Å². The Bertz CT molecular complexity index is 2230. The van der Waals surface area contributed by atoms with Gasteiger partial charge in [0.25, 0.3) is 11.7 Å². The standard InChI is InChI=1S/C42H51N3O8/c1-19-14-16-45-28(18-19)43-32-29-30-37(48)27(9)39-31(29)40(50)42(10,53-39)52-17-15-20(2)23(5)24(6)25(7)36(47)26(8)35(46)21(3)12-11-13-22(4)41(51)44-33(34(32)45)38(30)49/h11-18,20-21,23-26,35-36,46-49H,1-10H3,(H,44,51)/b12-11+,17-15+,22-13+/t20?,21-,23?,24+,25-,26?,35?,36?,42?/m0/s1. The van der Waals surface area contributed by atoms with Gasteiger partial charge in [-0.15, -0.1) is 0 Å². The lowest BCUT2D eigenvalue weighted by Gasteiger charge is -2.36. The van der Waals surface area contributed by atoms with E-state index in [1.54, 1.807) is 42.7 Å². The van der Waals surface area contributed by atoms with Crippen LogP contribution in [0.3, 0.4) is 0 Å². The number of allylic oxidation sites excluding steroid dienone is 3. The monoisotopic (exact) mass is 725 g/mol. The highest BCUT2D eigenvalue weighted by Crippen LogP contribution is 2.54. The maximum atomic E-state index is 14.5. The van der Waals surface area contributed by atoms with Gasteiger partial charge in [-0.25, -0.2) is 4.98 Å². The van der Waals surface area contributed by atoms with Crippen LogP contribution in [0.1, 0.15) is 76.9 Å². The van der Waals surface area contributed by atoms with Gasteiger partial charge in [0.15, 0.2) is 5.75 Å². The van der Waals surface area contributed by atoms with Gasteiger partial charge in [0.2, 0.25) is 0 Å². The van der Waals surface area contributed by atoms with Gasteiger partial charge in [0.1, 0.15) is 33.9 Å². The first kappa shape index (κ1) is 37.9. The van der Waals surface area contributed by atoms with E-state index in [0.717, 1.165) is 5.56 Å². The highest BCUT2D eigenvalue weighted by molar-refractivity contribution is 6.28. The van der Waals surface area contributed by atoms with E-state index in [2.05, 4.69) is 19.2 Å². The van der Waals surface area contributed by atoms with Crippen LogP contribution >= 0.6 is 0 Å². The molecule has 2 aromatic carbocycles. The summed E-state index contributed by atoms with van der Waals surface area (Å²) in [5, 5.41) is 49.2. The number of aromatic hydroxyl groups is 2. The van der Waals surface area contributed by atoms with Crippen LogP contribution in [0.2, 0.25) is 0 Å². The number of imidazole rings is 1. The number of carbonyl (C=O) groups excluding carboxylic acids is 2. The molecule has 11 nitrogen and oxygen atoms in total. The number of nitrogens with one attached hydrogen (secondary N) is 1. The van der Waals surface area contributed by atoms with Gasteiger partial charge in [-0.05, 0) is 68.2 Å². The highest BCUT2D eigenvalue weighted by Gasteiger charge is 2.49. The first-order valence-corrected chi connectivity index (χ1v) is 18.3. The average Bonchev–Trinajstić information content (AvgIpc) is 3.62. The van der Waals surface area contributed by atoms with Crippen LogP contribution in [0.25, 0.3) is 27.5 Å². The molecule has 9 atom stereocenters. The van der Waals surface area contributed by atoms with E-state index in [1.807, 2.05) is 52.8 Å². The zero-order valence-corrected chi connectivity index (χ0v) is 32.1. The molecule has 0 saturated heterocycles. The van der Waals surface area contributed by atoms with Crippen LogP contribution in [0, 0.1) is 49.4 Å². The number of aryl methyl sites for hydroxylation is 1. The number of aliphatic hydroxyl groups is 2. The average molecular weight is 726 g/mol. The minimum absolute atomic E-state index is 0.000979. The first-order valence-electron chi connectivity index (χ1n) is 18.3. The number of rotatable bonds is 0. The molecule has 3 aliphatic heterocycles. The Morgan fingerprint density at radius 1 is 0.868 bits per heavy atom. The van der Waals surface area contributed by atoms with E-state index in [1.165, 1.54) is 13.2 Å². The zero-order chi connectivity index (χ0) is 38.8. The van der Waals surface area contributed by atoms with Crippen molar-refractivity contribution in [1.29, 1.82) is 0 Å². The zero-order valence-electron chi connectivity index (χ0n) is 32.1. The predicted molar refractivity (Wildman–Crippen MR) is 205 cm³/mol. The number of aromatic nitrogens is 2. The van der Waals surface area contributed by atoms with Crippen molar-refractivity contribution in [2.24, 2.45) is 35.5 Å². The number of carbonyl (C=O) groups is 2. The van der Waals surface area contributed by atoms with Gasteiger partial charge in [0, 0.05) is 41.5 Å². The summed E-state index contributed by atoms with van der Waals surface area (Å²) < 4.78 is 14.1. The Kier molecular flexibility index (Phi) is 9.89. The maximum Gasteiger partial charge on any atom is 0.312 e. The lowest BCUT2D eigenvalue weighted by atomic mass is 9.72. The second-order valence-corrected chi connectivity index (χ2v) is 15.5. The summed E-state index contributed by atoms with van der Waals surface area (Å²) in [5.41, 5.74) is 2.61. The molecule has 2 aromatic heterocycles. The minimum atomic E-state index is -1.81. The number of amides is 1. The quantitative estimate of drug-likeness (QED) is 0.116. The molecule has 1 amide bonds. The van der Waals surface area contributed by atoms with Gasteiger partial charge in [-0.1, -0.05) is 59.8 Å². The topological polar surface area (TPSA) is 163 Å². The number of benzene rings is 2. The Morgan fingerprint density at radius 2 is 1.57 bits per heavy atom. The van der Waals surface area contributed by atoms with E-state index in [4.69, 9.17) is 14.5 Å². The largest absolute Gasteiger partial charge is 0.507 e. The smallest absolute Gasteiger partial charge is 0.312 e. The number of pyridine rings is 1. The fourth-order valence-corrected chi connectivity index (χ4v) is 7.79. The van der Waals surface area contributed by atoms with Crippen molar-refractivity contribution in [3.8, 4) is 17.2 Å². The summed E-state index contributed by atoms with van der Waals surface area (Å²) in [6, 6.07) is 3.70. The SMILES string of the molecule is C/C1=C\C=C\[C@H](C)C(O)C(C)C(O)[C@@H](C)[C@H](C)C(C)C(C)/C=C/OC2(C)Oc3c(C)c(O)c4c(O)c(c5c(nc6cc(C)ccn65)c4c3C2=O)NC1=O. The summed E-state index contributed by atoms with van der Waals surface area (Å²) in [5.74, 6) is -4.33. The molecule has 5 heterocycles.